The van der Waals surface area contributed by atoms with Crippen LogP contribution in [0.3, 0.4) is 0 Å². The quantitative estimate of drug-likeness (QED) is 0.798. The van der Waals surface area contributed by atoms with Crippen LogP contribution in [0.4, 0.5) is 10.1 Å². The van der Waals surface area contributed by atoms with Crippen molar-refractivity contribution >= 4 is 25.7 Å². The summed E-state index contributed by atoms with van der Waals surface area (Å²) in [7, 11) is -7.68. The summed E-state index contributed by atoms with van der Waals surface area (Å²) in [5.41, 5.74) is 0.0773. The Morgan fingerprint density at radius 3 is 2.16 bits per heavy atom. The van der Waals surface area contributed by atoms with E-state index in [1.807, 2.05) is 30.3 Å². The summed E-state index contributed by atoms with van der Waals surface area (Å²) in [5, 5.41) is 0. The highest BCUT2D eigenvalue weighted by molar-refractivity contribution is 7.92. The first kappa shape index (κ1) is 17.8. The maximum Gasteiger partial charge on any atom is 0.244 e. The topological polar surface area (TPSA) is 92.3 Å². The molecule has 2 aromatic carbocycles. The number of anilines is 1. The number of sulfonamides is 2. The van der Waals surface area contributed by atoms with E-state index in [2.05, 4.69) is 9.44 Å². The van der Waals surface area contributed by atoms with Crippen LogP contribution in [0.15, 0.2) is 53.4 Å². The van der Waals surface area contributed by atoms with Gasteiger partial charge in [-0.1, -0.05) is 30.3 Å². The zero-order valence-electron chi connectivity index (χ0n) is 13.4. The van der Waals surface area contributed by atoms with Crippen molar-refractivity contribution in [1.29, 1.82) is 0 Å². The standard InChI is InChI=1S/C16H17FN2O4S2/c1-24(20,21)18-13-7-8-15(14(17)11-13)25(22,23)19-16(9-10-16)12-5-3-2-4-6-12/h2-8,11,18-19H,9-10H2,1H3. The van der Waals surface area contributed by atoms with Gasteiger partial charge in [0.25, 0.3) is 0 Å². The Morgan fingerprint density at radius 1 is 1.00 bits per heavy atom. The van der Waals surface area contributed by atoms with Crippen molar-refractivity contribution in [2.45, 2.75) is 23.3 Å². The van der Waals surface area contributed by atoms with Crippen molar-refractivity contribution in [3.8, 4) is 0 Å². The summed E-state index contributed by atoms with van der Waals surface area (Å²) in [5.74, 6) is -1.02. The molecule has 0 aliphatic heterocycles. The molecule has 9 heteroatoms. The Balaban J connectivity index is 1.88. The van der Waals surface area contributed by atoms with Gasteiger partial charge in [0.2, 0.25) is 20.0 Å². The van der Waals surface area contributed by atoms with Crippen molar-refractivity contribution < 1.29 is 21.2 Å². The molecule has 1 aliphatic carbocycles. The molecule has 25 heavy (non-hydrogen) atoms. The Bertz CT molecular complexity index is 1000. The van der Waals surface area contributed by atoms with Gasteiger partial charge in [0.1, 0.15) is 10.7 Å². The van der Waals surface area contributed by atoms with E-state index in [4.69, 9.17) is 0 Å². The second-order valence-electron chi connectivity index (χ2n) is 6.07. The molecule has 0 atom stereocenters. The molecule has 1 aliphatic rings. The Labute approximate surface area is 146 Å². The van der Waals surface area contributed by atoms with E-state index in [9.17, 15) is 21.2 Å². The van der Waals surface area contributed by atoms with Crippen LogP contribution in [0.2, 0.25) is 0 Å². The molecule has 2 aromatic rings. The second kappa shape index (κ2) is 6.08. The van der Waals surface area contributed by atoms with E-state index in [0.717, 1.165) is 24.0 Å². The SMILES string of the molecule is CS(=O)(=O)Nc1ccc(S(=O)(=O)NC2(c3ccccc3)CC2)c(F)c1. The van der Waals surface area contributed by atoms with Crippen molar-refractivity contribution in [2.24, 2.45) is 0 Å². The summed E-state index contributed by atoms with van der Waals surface area (Å²) in [6.07, 6.45) is 2.19. The molecule has 0 spiro atoms. The van der Waals surface area contributed by atoms with Crippen LogP contribution in [0.25, 0.3) is 0 Å². The van der Waals surface area contributed by atoms with Crippen LogP contribution in [0, 0.1) is 5.82 Å². The third-order valence-corrected chi connectivity index (χ3v) is 6.11. The molecular weight excluding hydrogens is 367 g/mol. The van der Waals surface area contributed by atoms with Crippen LogP contribution >= 0.6 is 0 Å². The predicted molar refractivity (Wildman–Crippen MR) is 92.5 cm³/mol. The Morgan fingerprint density at radius 2 is 1.64 bits per heavy atom. The van der Waals surface area contributed by atoms with Crippen molar-refractivity contribution in [3.63, 3.8) is 0 Å². The fourth-order valence-corrected chi connectivity index (χ4v) is 4.70. The minimum absolute atomic E-state index is 0.0388. The van der Waals surface area contributed by atoms with Gasteiger partial charge in [0.05, 0.1) is 17.5 Å². The minimum atomic E-state index is -4.10. The molecule has 0 heterocycles. The lowest BCUT2D eigenvalue weighted by Crippen LogP contribution is -2.35. The normalized spacial score (nSPS) is 16.4. The predicted octanol–water partition coefficient (Wildman–Crippen LogP) is 2.16. The highest BCUT2D eigenvalue weighted by Gasteiger charge is 2.47. The van der Waals surface area contributed by atoms with Gasteiger partial charge in [-0.15, -0.1) is 0 Å². The van der Waals surface area contributed by atoms with E-state index in [-0.39, 0.29) is 5.69 Å². The molecule has 2 N–H and O–H groups in total. The van der Waals surface area contributed by atoms with Gasteiger partial charge in [0.15, 0.2) is 0 Å². The van der Waals surface area contributed by atoms with Crippen molar-refractivity contribution in [3.05, 3.63) is 59.9 Å². The highest BCUT2D eigenvalue weighted by Crippen LogP contribution is 2.46. The summed E-state index contributed by atoms with van der Waals surface area (Å²) in [6, 6.07) is 12.2. The number of benzene rings is 2. The molecule has 1 saturated carbocycles. The highest BCUT2D eigenvalue weighted by atomic mass is 32.2. The molecule has 0 bridgehead atoms. The van der Waals surface area contributed by atoms with Gasteiger partial charge < -0.3 is 0 Å². The summed E-state index contributed by atoms with van der Waals surface area (Å²) in [6.45, 7) is 0. The molecule has 0 unspecified atom stereocenters. The van der Waals surface area contributed by atoms with E-state index in [0.29, 0.717) is 12.8 Å². The van der Waals surface area contributed by atoms with Gasteiger partial charge >= 0.3 is 0 Å². The lowest BCUT2D eigenvalue weighted by molar-refractivity contribution is 0.536. The lowest BCUT2D eigenvalue weighted by atomic mass is 10.1. The Hall–Kier alpha value is -1.97. The van der Waals surface area contributed by atoms with E-state index >= 15 is 0 Å². The summed E-state index contributed by atoms with van der Waals surface area (Å²) < 4.78 is 66.5. The maximum atomic E-state index is 14.3. The van der Waals surface area contributed by atoms with E-state index in [1.165, 1.54) is 6.07 Å². The van der Waals surface area contributed by atoms with Crippen molar-refractivity contribution in [1.82, 2.24) is 4.72 Å². The smallest absolute Gasteiger partial charge is 0.244 e. The average Bonchev–Trinajstić information content (AvgIpc) is 3.26. The maximum absolute atomic E-state index is 14.3. The molecule has 0 amide bonds. The van der Waals surface area contributed by atoms with Gasteiger partial charge in [-0.3, -0.25) is 4.72 Å². The van der Waals surface area contributed by atoms with Crippen LogP contribution in [0.5, 0.6) is 0 Å². The molecule has 3 rings (SSSR count). The van der Waals surface area contributed by atoms with Gasteiger partial charge in [0, 0.05) is 0 Å². The first-order chi connectivity index (χ1) is 11.6. The van der Waals surface area contributed by atoms with Gasteiger partial charge in [-0.05, 0) is 36.6 Å². The summed E-state index contributed by atoms with van der Waals surface area (Å²) in [4.78, 5) is -0.520. The third kappa shape index (κ3) is 4.00. The molecule has 0 radical (unpaired) electrons. The molecule has 0 aromatic heterocycles. The summed E-state index contributed by atoms with van der Waals surface area (Å²) >= 11 is 0. The first-order valence-corrected chi connectivity index (χ1v) is 10.9. The van der Waals surface area contributed by atoms with Crippen LogP contribution in [-0.4, -0.2) is 23.1 Å². The number of hydrogen-bond donors (Lipinski definition) is 2. The van der Waals surface area contributed by atoms with Gasteiger partial charge in [-0.2, -0.15) is 0 Å². The molecule has 134 valence electrons. The first-order valence-electron chi connectivity index (χ1n) is 7.48. The fourth-order valence-electron chi connectivity index (χ4n) is 2.64. The molecular formula is C16H17FN2O4S2. The van der Waals surface area contributed by atoms with Crippen LogP contribution in [0.1, 0.15) is 18.4 Å². The molecule has 6 nitrogen and oxygen atoms in total. The zero-order valence-corrected chi connectivity index (χ0v) is 15.0. The number of hydrogen-bond acceptors (Lipinski definition) is 4. The molecule has 1 fully saturated rings. The average molecular weight is 384 g/mol. The zero-order chi connectivity index (χ0) is 18.3. The fraction of sp³-hybridized carbons (Fsp3) is 0.250. The van der Waals surface area contributed by atoms with Gasteiger partial charge in [-0.25, -0.2) is 25.9 Å². The second-order valence-corrected chi connectivity index (χ2v) is 9.47. The molecule has 0 saturated heterocycles. The minimum Gasteiger partial charge on any atom is -0.284 e. The third-order valence-electron chi connectivity index (χ3n) is 3.93. The van der Waals surface area contributed by atoms with Crippen molar-refractivity contribution in [2.75, 3.05) is 11.0 Å². The number of halogens is 1. The monoisotopic (exact) mass is 384 g/mol. The van der Waals surface area contributed by atoms with Crippen LogP contribution < -0.4 is 9.44 Å². The van der Waals surface area contributed by atoms with Crippen LogP contribution in [-0.2, 0) is 25.6 Å². The van der Waals surface area contributed by atoms with E-state index < -0.39 is 36.3 Å². The number of rotatable bonds is 6. The number of nitrogens with one attached hydrogen (secondary N) is 2. The largest absolute Gasteiger partial charge is 0.284 e. The van der Waals surface area contributed by atoms with E-state index in [1.54, 1.807) is 0 Å². The Kier molecular flexibility index (Phi) is 4.34. The lowest BCUT2D eigenvalue weighted by Gasteiger charge is -2.18.